The van der Waals surface area contributed by atoms with Crippen LogP contribution in [0.2, 0.25) is 0 Å². The Morgan fingerprint density at radius 3 is 2.50 bits per heavy atom. The van der Waals surface area contributed by atoms with Gasteiger partial charge in [-0.2, -0.15) is 0 Å². The van der Waals surface area contributed by atoms with Gasteiger partial charge in [0.05, 0.1) is 7.11 Å². The lowest BCUT2D eigenvalue weighted by molar-refractivity contribution is 0.115. The number of amides is 2. The molecule has 0 spiro atoms. The van der Waals surface area contributed by atoms with Gasteiger partial charge in [0.1, 0.15) is 5.75 Å². The van der Waals surface area contributed by atoms with Crippen molar-refractivity contribution in [3.8, 4) is 5.75 Å². The summed E-state index contributed by atoms with van der Waals surface area (Å²) in [6, 6.07) is 8.49. The molecule has 0 aliphatic carbocycles. The molecule has 134 valence electrons. The van der Waals surface area contributed by atoms with Crippen molar-refractivity contribution < 1.29 is 9.53 Å². The maximum atomic E-state index is 12.3. The van der Waals surface area contributed by atoms with E-state index in [9.17, 15) is 4.79 Å². The van der Waals surface area contributed by atoms with Gasteiger partial charge in [0.15, 0.2) is 0 Å². The third kappa shape index (κ3) is 5.13. The minimum Gasteiger partial charge on any atom is -0.497 e. The molecule has 1 saturated heterocycles. The smallest absolute Gasteiger partial charge is 0.320 e. The maximum Gasteiger partial charge on any atom is 0.320 e. The largest absolute Gasteiger partial charge is 0.497 e. The van der Waals surface area contributed by atoms with Crippen molar-refractivity contribution in [1.82, 2.24) is 14.7 Å². The summed E-state index contributed by atoms with van der Waals surface area (Å²) in [5.41, 5.74) is 1.32. The van der Waals surface area contributed by atoms with Crippen molar-refractivity contribution in [2.75, 3.05) is 52.9 Å². The van der Waals surface area contributed by atoms with Crippen molar-refractivity contribution in [2.24, 2.45) is 0 Å². The SMILES string of the molecule is CCN(CC)C(=O)N1CCN(CCCc2cccc(OC)c2)CC1. The van der Waals surface area contributed by atoms with E-state index in [2.05, 4.69) is 17.0 Å². The molecule has 1 aromatic rings. The standard InChI is InChI=1S/C19H31N3O2/c1-4-21(5-2)19(23)22-14-12-20(13-15-22)11-7-9-17-8-6-10-18(16-17)24-3/h6,8,10,16H,4-5,7,9,11-15H2,1-3H3. The summed E-state index contributed by atoms with van der Waals surface area (Å²) in [6.07, 6.45) is 2.20. The molecule has 0 bridgehead atoms. The molecule has 24 heavy (non-hydrogen) atoms. The van der Waals surface area contributed by atoms with E-state index in [0.29, 0.717) is 0 Å². The minimum atomic E-state index is 0.191. The first kappa shape index (κ1) is 18.6. The van der Waals surface area contributed by atoms with Crippen molar-refractivity contribution in [3.63, 3.8) is 0 Å². The van der Waals surface area contributed by atoms with Crippen LogP contribution in [-0.4, -0.2) is 73.7 Å². The summed E-state index contributed by atoms with van der Waals surface area (Å²) >= 11 is 0. The Morgan fingerprint density at radius 1 is 1.17 bits per heavy atom. The Labute approximate surface area is 146 Å². The fraction of sp³-hybridized carbons (Fsp3) is 0.632. The number of hydrogen-bond donors (Lipinski definition) is 0. The molecule has 1 heterocycles. The van der Waals surface area contributed by atoms with Gasteiger partial charge in [-0.1, -0.05) is 12.1 Å². The number of rotatable bonds is 7. The molecular weight excluding hydrogens is 302 g/mol. The van der Waals surface area contributed by atoms with Gasteiger partial charge >= 0.3 is 6.03 Å². The fourth-order valence-electron chi connectivity index (χ4n) is 3.19. The second-order valence-electron chi connectivity index (χ2n) is 6.24. The second-order valence-corrected chi connectivity index (χ2v) is 6.24. The van der Waals surface area contributed by atoms with Crippen molar-refractivity contribution in [3.05, 3.63) is 29.8 Å². The Balaban J connectivity index is 1.70. The molecule has 5 heteroatoms. The monoisotopic (exact) mass is 333 g/mol. The predicted octanol–water partition coefficient (Wildman–Crippen LogP) is 2.71. The summed E-state index contributed by atoms with van der Waals surface area (Å²) in [6.45, 7) is 10.4. The molecule has 0 unspecified atom stereocenters. The van der Waals surface area contributed by atoms with Gasteiger partial charge < -0.3 is 14.5 Å². The van der Waals surface area contributed by atoms with E-state index in [1.807, 2.05) is 35.8 Å². The van der Waals surface area contributed by atoms with Crippen LogP contribution in [-0.2, 0) is 6.42 Å². The fourth-order valence-corrected chi connectivity index (χ4v) is 3.19. The van der Waals surface area contributed by atoms with E-state index in [4.69, 9.17) is 4.74 Å². The van der Waals surface area contributed by atoms with Gasteiger partial charge in [-0.15, -0.1) is 0 Å². The van der Waals surface area contributed by atoms with Gasteiger partial charge in [0.2, 0.25) is 0 Å². The Kier molecular flexibility index (Phi) is 7.37. The Morgan fingerprint density at radius 2 is 1.88 bits per heavy atom. The minimum absolute atomic E-state index is 0.191. The topological polar surface area (TPSA) is 36.0 Å². The molecule has 0 N–H and O–H groups in total. The number of hydrogen-bond acceptors (Lipinski definition) is 3. The molecule has 2 rings (SSSR count). The van der Waals surface area contributed by atoms with Crippen LogP contribution in [0.4, 0.5) is 4.79 Å². The molecule has 2 amide bonds. The maximum absolute atomic E-state index is 12.3. The summed E-state index contributed by atoms with van der Waals surface area (Å²) in [5, 5.41) is 0. The van der Waals surface area contributed by atoms with Crippen molar-refractivity contribution in [1.29, 1.82) is 0 Å². The lowest BCUT2D eigenvalue weighted by Gasteiger charge is -2.37. The highest BCUT2D eigenvalue weighted by Gasteiger charge is 2.23. The molecule has 1 aliphatic rings. The quantitative estimate of drug-likeness (QED) is 0.770. The number of carbonyl (C=O) groups is 1. The molecule has 1 aliphatic heterocycles. The molecule has 0 aromatic heterocycles. The highest BCUT2D eigenvalue weighted by Crippen LogP contribution is 2.14. The normalized spacial score (nSPS) is 15.4. The van der Waals surface area contributed by atoms with E-state index in [0.717, 1.165) is 64.4 Å². The zero-order chi connectivity index (χ0) is 17.4. The zero-order valence-corrected chi connectivity index (χ0v) is 15.3. The predicted molar refractivity (Wildman–Crippen MR) is 97.6 cm³/mol. The van der Waals surface area contributed by atoms with Gasteiger partial charge in [-0.25, -0.2) is 4.79 Å². The average molecular weight is 333 g/mol. The molecule has 1 fully saturated rings. The summed E-state index contributed by atoms with van der Waals surface area (Å²) in [5.74, 6) is 0.927. The van der Waals surface area contributed by atoms with Gasteiger partial charge in [-0.05, 0) is 50.9 Å². The van der Waals surface area contributed by atoms with Crippen LogP contribution in [0.15, 0.2) is 24.3 Å². The van der Waals surface area contributed by atoms with Crippen LogP contribution in [0.25, 0.3) is 0 Å². The summed E-state index contributed by atoms with van der Waals surface area (Å²) < 4.78 is 5.27. The van der Waals surface area contributed by atoms with E-state index < -0.39 is 0 Å². The molecule has 0 atom stereocenters. The Bertz CT molecular complexity index is 509. The number of nitrogens with zero attached hydrogens (tertiary/aromatic N) is 3. The van der Waals surface area contributed by atoms with Crippen LogP contribution >= 0.6 is 0 Å². The van der Waals surface area contributed by atoms with Gasteiger partial charge in [0.25, 0.3) is 0 Å². The van der Waals surface area contributed by atoms with E-state index in [-0.39, 0.29) is 6.03 Å². The van der Waals surface area contributed by atoms with Crippen molar-refractivity contribution >= 4 is 6.03 Å². The summed E-state index contributed by atoms with van der Waals surface area (Å²) in [7, 11) is 1.71. The number of piperazine rings is 1. The lowest BCUT2D eigenvalue weighted by Crippen LogP contribution is -2.52. The molecule has 5 nitrogen and oxygen atoms in total. The molecule has 0 radical (unpaired) electrons. The number of benzene rings is 1. The first-order chi connectivity index (χ1) is 11.7. The average Bonchev–Trinajstić information content (AvgIpc) is 2.63. The molecule has 0 saturated carbocycles. The first-order valence-electron chi connectivity index (χ1n) is 9.07. The number of carbonyl (C=O) groups excluding carboxylic acids is 1. The number of ether oxygens (including phenoxy) is 1. The number of aryl methyl sites for hydroxylation is 1. The van der Waals surface area contributed by atoms with Crippen LogP contribution in [0.3, 0.4) is 0 Å². The highest BCUT2D eigenvalue weighted by molar-refractivity contribution is 5.74. The third-order valence-electron chi connectivity index (χ3n) is 4.75. The summed E-state index contributed by atoms with van der Waals surface area (Å²) in [4.78, 5) is 18.7. The third-order valence-corrected chi connectivity index (χ3v) is 4.75. The molecular formula is C19H31N3O2. The second kappa shape index (κ2) is 9.52. The van der Waals surface area contributed by atoms with E-state index >= 15 is 0 Å². The Hall–Kier alpha value is -1.75. The number of urea groups is 1. The van der Waals surface area contributed by atoms with Crippen LogP contribution < -0.4 is 4.74 Å². The zero-order valence-electron chi connectivity index (χ0n) is 15.3. The van der Waals surface area contributed by atoms with Gasteiger partial charge in [0, 0.05) is 39.3 Å². The van der Waals surface area contributed by atoms with E-state index in [1.165, 1.54) is 5.56 Å². The van der Waals surface area contributed by atoms with Crippen LogP contribution in [0.5, 0.6) is 5.75 Å². The van der Waals surface area contributed by atoms with Crippen LogP contribution in [0.1, 0.15) is 25.8 Å². The molecule has 1 aromatic carbocycles. The lowest BCUT2D eigenvalue weighted by atomic mass is 10.1. The van der Waals surface area contributed by atoms with E-state index in [1.54, 1.807) is 7.11 Å². The highest BCUT2D eigenvalue weighted by atomic mass is 16.5. The van der Waals surface area contributed by atoms with Gasteiger partial charge in [-0.3, -0.25) is 4.90 Å². The van der Waals surface area contributed by atoms with Crippen LogP contribution in [0, 0.1) is 0 Å². The number of methoxy groups -OCH3 is 1. The first-order valence-corrected chi connectivity index (χ1v) is 9.07. The van der Waals surface area contributed by atoms with Crippen molar-refractivity contribution in [2.45, 2.75) is 26.7 Å².